The highest BCUT2D eigenvalue weighted by atomic mass is 16.6. The van der Waals surface area contributed by atoms with E-state index in [-0.39, 0.29) is 18.1 Å². The maximum absolute atomic E-state index is 12.1. The molecule has 1 aromatic heterocycles. The predicted molar refractivity (Wildman–Crippen MR) is 69.9 cm³/mol. The average Bonchev–Trinajstić information content (AvgIpc) is 2.60. The lowest BCUT2D eigenvalue weighted by atomic mass is 10.0. The van der Waals surface area contributed by atoms with Gasteiger partial charge in [-0.1, -0.05) is 0 Å². The van der Waals surface area contributed by atoms with Crippen molar-refractivity contribution in [2.24, 2.45) is 5.73 Å². The largest absolute Gasteiger partial charge is 0.481 e. The van der Waals surface area contributed by atoms with Crippen molar-refractivity contribution in [3.8, 4) is 0 Å². The molecule has 3 heterocycles. The Balaban J connectivity index is 2.31. The number of fused-ring (bicyclic) bond motifs is 2. The number of aromatic nitrogens is 2. The third kappa shape index (κ3) is 2.06. The minimum atomic E-state index is -1.35. The Hall–Kier alpha value is -3.03. The minimum absolute atomic E-state index is 0.125. The molecule has 108 valence electrons. The highest BCUT2D eigenvalue weighted by Gasteiger charge is 2.38. The summed E-state index contributed by atoms with van der Waals surface area (Å²) >= 11 is 0. The summed E-state index contributed by atoms with van der Waals surface area (Å²) in [4.78, 5) is 27.6. The Morgan fingerprint density at radius 1 is 1.48 bits per heavy atom. The van der Waals surface area contributed by atoms with Crippen molar-refractivity contribution in [1.82, 2.24) is 9.55 Å². The predicted octanol–water partition coefficient (Wildman–Crippen LogP) is 0.0247. The van der Waals surface area contributed by atoms with Gasteiger partial charge in [0.1, 0.15) is 5.69 Å². The fourth-order valence-corrected chi connectivity index (χ4v) is 2.15. The summed E-state index contributed by atoms with van der Waals surface area (Å²) in [5, 5.41) is 9.57. The monoisotopic (exact) mass is 289 g/mol. The van der Waals surface area contributed by atoms with Crippen molar-refractivity contribution in [1.29, 1.82) is 0 Å². The Kier molecular flexibility index (Phi) is 2.79. The SMILES string of the molecule is NC(=O)c1cc(=O)n2c(n1)C1(C=COC(O)=C1)OC=CC2. The second kappa shape index (κ2) is 4.51. The van der Waals surface area contributed by atoms with Crippen molar-refractivity contribution in [3.63, 3.8) is 0 Å². The Morgan fingerprint density at radius 2 is 2.29 bits per heavy atom. The minimum Gasteiger partial charge on any atom is -0.481 e. The highest BCUT2D eigenvalue weighted by molar-refractivity contribution is 5.90. The summed E-state index contributed by atoms with van der Waals surface area (Å²) < 4.78 is 11.7. The molecule has 1 aromatic rings. The van der Waals surface area contributed by atoms with E-state index in [9.17, 15) is 14.7 Å². The molecule has 0 saturated heterocycles. The van der Waals surface area contributed by atoms with Gasteiger partial charge in [-0.2, -0.15) is 0 Å². The molecule has 1 atom stereocenters. The van der Waals surface area contributed by atoms with Crippen LogP contribution in [0.1, 0.15) is 16.3 Å². The lowest BCUT2D eigenvalue weighted by Crippen LogP contribution is -2.36. The zero-order chi connectivity index (χ0) is 15.0. The van der Waals surface area contributed by atoms with Crippen molar-refractivity contribution in [2.75, 3.05) is 0 Å². The summed E-state index contributed by atoms with van der Waals surface area (Å²) in [5.74, 6) is -1.11. The van der Waals surface area contributed by atoms with Crippen LogP contribution in [0, 0.1) is 0 Å². The zero-order valence-electron chi connectivity index (χ0n) is 10.7. The summed E-state index contributed by atoms with van der Waals surface area (Å²) in [7, 11) is 0. The van der Waals surface area contributed by atoms with Crippen LogP contribution >= 0.6 is 0 Å². The molecule has 0 bridgehead atoms. The van der Waals surface area contributed by atoms with Crippen LogP contribution in [0.15, 0.2) is 47.6 Å². The second-order valence-electron chi connectivity index (χ2n) is 4.46. The van der Waals surface area contributed by atoms with Gasteiger partial charge < -0.3 is 20.3 Å². The van der Waals surface area contributed by atoms with Crippen molar-refractivity contribution in [3.05, 3.63) is 64.6 Å². The van der Waals surface area contributed by atoms with E-state index in [1.54, 1.807) is 6.08 Å². The number of rotatable bonds is 1. The molecule has 0 fully saturated rings. The number of hydrogen-bond acceptors (Lipinski definition) is 6. The molecule has 1 unspecified atom stereocenters. The maximum Gasteiger partial charge on any atom is 0.282 e. The first-order valence-corrected chi connectivity index (χ1v) is 6.03. The highest BCUT2D eigenvalue weighted by Crippen LogP contribution is 2.33. The van der Waals surface area contributed by atoms with Crippen LogP contribution in [0.4, 0.5) is 0 Å². The Bertz CT molecular complexity index is 762. The van der Waals surface area contributed by atoms with Gasteiger partial charge in [0.25, 0.3) is 17.4 Å². The van der Waals surface area contributed by atoms with E-state index in [0.717, 1.165) is 6.07 Å². The lowest BCUT2D eigenvalue weighted by molar-refractivity contribution is 0.0673. The van der Waals surface area contributed by atoms with Gasteiger partial charge in [0.05, 0.1) is 18.6 Å². The van der Waals surface area contributed by atoms with Gasteiger partial charge in [0.2, 0.25) is 5.60 Å². The summed E-state index contributed by atoms with van der Waals surface area (Å²) in [5.41, 5.74) is 3.21. The molecule has 0 radical (unpaired) electrons. The van der Waals surface area contributed by atoms with Gasteiger partial charge in [-0.25, -0.2) is 4.98 Å². The van der Waals surface area contributed by atoms with Crippen LogP contribution in [0.2, 0.25) is 0 Å². The van der Waals surface area contributed by atoms with Gasteiger partial charge >= 0.3 is 0 Å². The van der Waals surface area contributed by atoms with Crippen LogP contribution in [0.25, 0.3) is 0 Å². The van der Waals surface area contributed by atoms with Crippen LogP contribution in [0.5, 0.6) is 0 Å². The van der Waals surface area contributed by atoms with E-state index in [0.29, 0.717) is 0 Å². The summed E-state index contributed by atoms with van der Waals surface area (Å²) in [6, 6.07) is 1.06. The molecule has 8 nitrogen and oxygen atoms in total. The van der Waals surface area contributed by atoms with Gasteiger partial charge in [-0.05, 0) is 6.08 Å². The topological polar surface area (TPSA) is 117 Å². The molecular formula is C13H11N3O5. The zero-order valence-corrected chi connectivity index (χ0v) is 10.7. The number of ether oxygens (including phenoxy) is 2. The molecule has 21 heavy (non-hydrogen) atoms. The third-order valence-corrected chi connectivity index (χ3v) is 3.10. The van der Waals surface area contributed by atoms with Crippen LogP contribution in [-0.4, -0.2) is 20.6 Å². The fraction of sp³-hybridized carbons (Fsp3) is 0.154. The third-order valence-electron chi connectivity index (χ3n) is 3.10. The van der Waals surface area contributed by atoms with E-state index in [4.69, 9.17) is 15.2 Å². The van der Waals surface area contributed by atoms with Crippen LogP contribution in [0.3, 0.4) is 0 Å². The van der Waals surface area contributed by atoms with E-state index in [1.807, 2.05) is 0 Å². The molecule has 3 N–H and O–H groups in total. The number of nitrogens with zero attached hydrogens (tertiary/aromatic N) is 2. The molecular weight excluding hydrogens is 278 g/mol. The smallest absolute Gasteiger partial charge is 0.282 e. The van der Waals surface area contributed by atoms with E-state index in [2.05, 4.69) is 4.98 Å². The molecule has 3 rings (SSSR count). The molecule has 2 aliphatic rings. The number of hydrogen-bond donors (Lipinski definition) is 2. The number of nitrogens with two attached hydrogens (primary N) is 1. The first-order valence-electron chi connectivity index (χ1n) is 6.03. The van der Waals surface area contributed by atoms with Gasteiger partial charge in [-0.15, -0.1) is 0 Å². The molecule has 0 saturated carbocycles. The van der Waals surface area contributed by atoms with E-state index >= 15 is 0 Å². The van der Waals surface area contributed by atoms with E-state index < -0.39 is 23.0 Å². The average molecular weight is 289 g/mol. The number of carbonyl (C=O) groups is 1. The summed E-state index contributed by atoms with van der Waals surface area (Å²) in [6.07, 6.45) is 6.91. The molecule has 0 aromatic carbocycles. The molecule has 8 heteroatoms. The second-order valence-corrected chi connectivity index (χ2v) is 4.46. The lowest BCUT2D eigenvalue weighted by Gasteiger charge is -2.28. The molecule has 1 amide bonds. The first kappa shape index (κ1) is 13.0. The number of aliphatic hydroxyl groups is 1. The Morgan fingerprint density at radius 3 is 3.00 bits per heavy atom. The molecule has 1 spiro atoms. The van der Waals surface area contributed by atoms with Gasteiger partial charge in [-0.3, -0.25) is 14.2 Å². The van der Waals surface area contributed by atoms with Crippen molar-refractivity contribution < 1.29 is 19.4 Å². The standard InChI is InChI=1S/C13H11N3O5/c14-11(19)8-6-9(17)16-3-1-4-21-13(12(16)15-8)2-5-20-10(18)7-13/h1-2,4-7,18H,3H2,(H2,14,19). The molecule has 2 aliphatic heterocycles. The van der Waals surface area contributed by atoms with Gasteiger partial charge in [0.15, 0.2) is 5.82 Å². The number of allylic oxidation sites excluding steroid dienone is 1. The number of carbonyl (C=O) groups excluding carboxylic acids is 1. The van der Waals surface area contributed by atoms with Gasteiger partial charge in [0, 0.05) is 18.7 Å². The number of amides is 1. The first-order chi connectivity index (χ1) is 10.0. The fourth-order valence-electron chi connectivity index (χ4n) is 2.15. The molecule has 0 aliphatic carbocycles. The summed E-state index contributed by atoms with van der Waals surface area (Å²) in [6.45, 7) is 0.214. The van der Waals surface area contributed by atoms with Crippen LogP contribution in [-0.2, 0) is 21.6 Å². The number of aliphatic hydroxyl groups excluding tert-OH is 1. The maximum atomic E-state index is 12.1. The van der Waals surface area contributed by atoms with E-state index in [1.165, 1.54) is 29.2 Å². The van der Waals surface area contributed by atoms with Crippen LogP contribution < -0.4 is 11.3 Å². The Labute approximate surface area is 118 Å². The van der Waals surface area contributed by atoms with Crippen molar-refractivity contribution in [2.45, 2.75) is 12.1 Å². The quantitative estimate of drug-likeness (QED) is 0.753. The van der Waals surface area contributed by atoms with Crippen molar-refractivity contribution >= 4 is 5.91 Å². The number of primary amides is 1. The normalized spacial score (nSPS) is 22.8.